The first-order valence-corrected chi connectivity index (χ1v) is 12.0. The highest BCUT2D eigenvalue weighted by atomic mass is 16.6. The molecule has 7 rings (SSSR count). The van der Waals surface area contributed by atoms with E-state index in [0.29, 0.717) is 25.7 Å². The molecule has 6 fully saturated rings. The van der Waals surface area contributed by atoms with Gasteiger partial charge in [0.05, 0.1) is 17.6 Å². The number of esters is 1. The predicted octanol–water partition coefficient (Wildman–Crippen LogP) is 1.84. The summed E-state index contributed by atoms with van der Waals surface area (Å²) in [6.45, 7) is 7.93. The summed E-state index contributed by atoms with van der Waals surface area (Å²) in [5.74, 6) is -5.20. The lowest BCUT2D eigenvalue weighted by Crippen LogP contribution is -2.85. The molecule has 2 N–H and O–H groups in total. The number of aliphatic hydroxyl groups excluding tert-OH is 1. The molecule has 4 saturated carbocycles. The molecule has 2 saturated heterocycles. The van der Waals surface area contributed by atoms with E-state index in [9.17, 15) is 24.6 Å². The Labute approximate surface area is 197 Å². The third-order valence-electron chi connectivity index (χ3n) is 9.77. The number of carbonyl (C=O) groups excluding carboxylic acids is 3. The summed E-state index contributed by atoms with van der Waals surface area (Å²) < 4.78 is 11.9. The maximum absolute atomic E-state index is 14.0. The molecule has 8 atom stereocenters. The van der Waals surface area contributed by atoms with E-state index in [4.69, 9.17) is 9.47 Å². The molecular formula is C26H29NO7. The fourth-order valence-electron chi connectivity index (χ4n) is 8.44. The maximum atomic E-state index is 14.0. The number of aromatic nitrogens is 1. The van der Waals surface area contributed by atoms with Crippen molar-refractivity contribution in [3.05, 3.63) is 42.2 Å². The number of ketones is 2. The SMILES string of the molecule is C=C1C(=O)C23[C@H](OC(=O)c4ccncc4)[C@H]1CC[C@H]2C12CO[C@@]3(O)[C@@H](O)[C@@H]1C(C)(C)CCC2=O. The van der Waals surface area contributed by atoms with Crippen LogP contribution in [0.1, 0.15) is 49.9 Å². The molecule has 3 heterocycles. The maximum Gasteiger partial charge on any atom is 0.338 e. The van der Waals surface area contributed by atoms with E-state index < -0.39 is 63.7 Å². The van der Waals surface area contributed by atoms with Gasteiger partial charge in [0, 0.05) is 30.7 Å². The molecule has 0 aromatic carbocycles. The number of nitrogens with zero attached hydrogens (tertiary/aromatic N) is 1. The Morgan fingerprint density at radius 1 is 1.24 bits per heavy atom. The van der Waals surface area contributed by atoms with Crippen LogP contribution in [0.4, 0.5) is 0 Å². The van der Waals surface area contributed by atoms with Gasteiger partial charge in [-0.15, -0.1) is 0 Å². The van der Waals surface area contributed by atoms with Gasteiger partial charge in [-0.05, 0) is 48.3 Å². The summed E-state index contributed by atoms with van der Waals surface area (Å²) in [6, 6.07) is 3.02. The Morgan fingerprint density at radius 2 is 1.94 bits per heavy atom. The first-order valence-electron chi connectivity index (χ1n) is 12.0. The Morgan fingerprint density at radius 3 is 2.65 bits per heavy atom. The number of fused-ring (bicyclic) bond motifs is 2. The van der Waals surface area contributed by atoms with Crippen LogP contribution in [-0.2, 0) is 19.1 Å². The van der Waals surface area contributed by atoms with Crippen molar-refractivity contribution in [2.24, 2.45) is 34.0 Å². The fourth-order valence-corrected chi connectivity index (χ4v) is 8.44. The largest absolute Gasteiger partial charge is 0.457 e. The number of pyridine rings is 1. The van der Waals surface area contributed by atoms with Crippen LogP contribution >= 0.6 is 0 Å². The smallest absolute Gasteiger partial charge is 0.338 e. The van der Waals surface area contributed by atoms with E-state index in [0.717, 1.165) is 0 Å². The summed E-state index contributed by atoms with van der Waals surface area (Å²) >= 11 is 0. The number of aliphatic hydroxyl groups is 2. The lowest BCUT2D eigenvalue weighted by atomic mass is 9.36. The standard InChI is InChI=1S/C26H29NO7/c1-13-15-4-5-16-24-12-33-26(32,20(30)18(24)23(2,3)9-6-17(24)28)25(16,19(13)29)21(15)34-22(31)14-7-10-27-11-8-14/h7-8,10-11,15-16,18,20-21,30,32H,1,4-6,9,12H2,2-3H3/t15-,16-,18+,20-,21+,24?,25?,26-/m0/s1. The molecule has 2 unspecified atom stereocenters. The van der Waals surface area contributed by atoms with E-state index >= 15 is 0 Å². The van der Waals surface area contributed by atoms with E-state index in [2.05, 4.69) is 11.6 Å². The summed E-state index contributed by atoms with van der Waals surface area (Å²) in [5.41, 5.74) is -2.87. The minimum atomic E-state index is -2.29. The number of hydrogen-bond acceptors (Lipinski definition) is 8. The second-order valence-electron chi connectivity index (χ2n) is 11.4. The molecule has 8 heteroatoms. The van der Waals surface area contributed by atoms with Crippen molar-refractivity contribution < 1.29 is 34.1 Å². The molecule has 180 valence electrons. The first-order chi connectivity index (χ1) is 16.0. The molecule has 1 aromatic heterocycles. The molecule has 8 nitrogen and oxygen atoms in total. The van der Waals surface area contributed by atoms with E-state index in [-0.39, 0.29) is 23.5 Å². The van der Waals surface area contributed by atoms with Crippen molar-refractivity contribution in [3.8, 4) is 0 Å². The van der Waals surface area contributed by atoms with Crippen LogP contribution in [0.5, 0.6) is 0 Å². The summed E-state index contributed by atoms with van der Waals surface area (Å²) in [6.07, 6.45) is 2.21. The minimum Gasteiger partial charge on any atom is -0.457 e. The van der Waals surface area contributed by atoms with Gasteiger partial charge < -0.3 is 19.7 Å². The topological polar surface area (TPSA) is 123 Å². The highest BCUT2D eigenvalue weighted by Gasteiger charge is 2.88. The zero-order valence-electron chi connectivity index (χ0n) is 19.3. The Bertz CT molecular complexity index is 1130. The summed E-state index contributed by atoms with van der Waals surface area (Å²) in [4.78, 5) is 44.7. The van der Waals surface area contributed by atoms with Crippen molar-refractivity contribution in [1.29, 1.82) is 0 Å². The number of ether oxygens (including phenoxy) is 2. The average molecular weight is 468 g/mol. The molecule has 2 aliphatic heterocycles. The van der Waals surface area contributed by atoms with Crippen LogP contribution in [0.15, 0.2) is 36.7 Å². The minimum absolute atomic E-state index is 0.0510. The van der Waals surface area contributed by atoms with Gasteiger partial charge in [-0.25, -0.2) is 4.79 Å². The first kappa shape index (κ1) is 22.1. The van der Waals surface area contributed by atoms with E-state index in [1.807, 2.05) is 13.8 Å². The van der Waals surface area contributed by atoms with Crippen LogP contribution in [-0.4, -0.2) is 57.3 Å². The summed E-state index contributed by atoms with van der Waals surface area (Å²) in [7, 11) is 0. The van der Waals surface area contributed by atoms with Crippen LogP contribution < -0.4 is 0 Å². The van der Waals surface area contributed by atoms with E-state index in [1.165, 1.54) is 24.5 Å². The average Bonchev–Trinajstić information content (AvgIpc) is 2.93. The van der Waals surface area contributed by atoms with Crippen molar-refractivity contribution >= 4 is 17.5 Å². The number of rotatable bonds is 2. The zero-order chi connectivity index (χ0) is 24.3. The summed E-state index contributed by atoms with van der Waals surface area (Å²) in [5, 5.41) is 23.8. The van der Waals surface area contributed by atoms with Gasteiger partial charge in [-0.3, -0.25) is 14.6 Å². The van der Waals surface area contributed by atoms with Crippen molar-refractivity contribution in [1.82, 2.24) is 4.98 Å². The van der Waals surface area contributed by atoms with Crippen LogP contribution in [0.3, 0.4) is 0 Å². The Hall–Kier alpha value is -2.42. The van der Waals surface area contributed by atoms with Crippen molar-refractivity contribution in [3.63, 3.8) is 0 Å². The van der Waals surface area contributed by atoms with Crippen LogP contribution in [0, 0.1) is 34.0 Å². The van der Waals surface area contributed by atoms with Gasteiger partial charge >= 0.3 is 5.97 Å². The molecule has 6 aliphatic rings. The molecule has 0 radical (unpaired) electrons. The Kier molecular flexibility index (Phi) is 4.30. The van der Waals surface area contributed by atoms with Gasteiger partial charge in [0.2, 0.25) is 5.79 Å². The predicted molar refractivity (Wildman–Crippen MR) is 117 cm³/mol. The molecule has 4 bridgehead atoms. The third kappa shape index (κ3) is 2.21. The quantitative estimate of drug-likeness (QED) is 0.499. The van der Waals surface area contributed by atoms with E-state index in [1.54, 1.807) is 0 Å². The molecule has 0 amide bonds. The monoisotopic (exact) mass is 467 g/mol. The fraction of sp³-hybridized carbons (Fsp3) is 0.615. The second kappa shape index (κ2) is 6.62. The van der Waals surface area contributed by atoms with Gasteiger partial charge in [-0.1, -0.05) is 20.4 Å². The number of Topliss-reactive ketones (excluding diaryl/α,β-unsaturated/α-hetero) is 2. The highest BCUT2D eigenvalue weighted by molar-refractivity contribution is 6.06. The molecule has 1 aromatic rings. The molecular weight excluding hydrogens is 438 g/mol. The number of hydrogen-bond donors (Lipinski definition) is 2. The lowest BCUT2D eigenvalue weighted by molar-refractivity contribution is -0.436. The molecule has 34 heavy (non-hydrogen) atoms. The van der Waals surface area contributed by atoms with Crippen molar-refractivity contribution in [2.75, 3.05) is 6.61 Å². The van der Waals surface area contributed by atoms with Crippen molar-refractivity contribution in [2.45, 2.75) is 57.5 Å². The Balaban J connectivity index is 1.55. The lowest BCUT2D eigenvalue weighted by Gasteiger charge is -2.72. The van der Waals surface area contributed by atoms with Gasteiger partial charge in [-0.2, -0.15) is 0 Å². The normalized spacial score (nSPS) is 46.1. The number of carbonyl (C=O) groups is 3. The second-order valence-corrected chi connectivity index (χ2v) is 11.4. The highest BCUT2D eigenvalue weighted by Crippen LogP contribution is 2.76. The third-order valence-corrected chi connectivity index (χ3v) is 9.77. The van der Waals surface area contributed by atoms with Gasteiger partial charge in [0.15, 0.2) is 5.78 Å². The zero-order valence-corrected chi connectivity index (χ0v) is 19.3. The van der Waals surface area contributed by atoms with Gasteiger partial charge in [0.25, 0.3) is 0 Å². The van der Waals surface area contributed by atoms with Crippen LogP contribution in [0.2, 0.25) is 0 Å². The molecule has 4 aliphatic carbocycles. The van der Waals surface area contributed by atoms with Crippen LogP contribution in [0.25, 0.3) is 0 Å². The van der Waals surface area contributed by atoms with Gasteiger partial charge in [0.1, 0.15) is 23.4 Å². The molecule has 2 spiro atoms.